The monoisotopic (exact) mass is 307 g/mol. The van der Waals surface area contributed by atoms with Gasteiger partial charge in [0, 0.05) is 43.3 Å². The van der Waals surface area contributed by atoms with Crippen molar-refractivity contribution in [2.45, 2.75) is 13.0 Å². The summed E-state index contributed by atoms with van der Waals surface area (Å²) in [5.41, 5.74) is 1.18. The first-order chi connectivity index (χ1) is 10.2. The van der Waals surface area contributed by atoms with E-state index < -0.39 is 6.10 Å². The van der Waals surface area contributed by atoms with Crippen LogP contribution in [0.3, 0.4) is 0 Å². The Labute approximate surface area is 127 Å². The maximum Gasteiger partial charge on any atom is 0.185 e. The summed E-state index contributed by atoms with van der Waals surface area (Å²) < 4.78 is 14.2. The van der Waals surface area contributed by atoms with E-state index in [0.717, 1.165) is 31.3 Å². The van der Waals surface area contributed by atoms with Gasteiger partial charge in [0.25, 0.3) is 0 Å². The van der Waals surface area contributed by atoms with Crippen molar-refractivity contribution in [2.75, 3.05) is 36.0 Å². The fourth-order valence-electron chi connectivity index (χ4n) is 2.70. The van der Waals surface area contributed by atoms with E-state index in [2.05, 4.69) is 9.88 Å². The third-order valence-corrected chi connectivity index (χ3v) is 4.59. The predicted molar refractivity (Wildman–Crippen MR) is 83.6 cm³/mol. The molecule has 4 nitrogen and oxygen atoms in total. The quantitative estimate of drug-likeness (QED) is 0.946. The average Bonchev–Trinajstić information content (AvgIpc) is 3.01. The molecule has 1 aliphatic heterocycles. The molecule has 0 amide bonds. The van der Waals surface area contributed by atoms with Gasteiger partial charge in [0.1, 0.15) is 5.82 Å². The number of aliphatic hydroxyl groups is 1. The Morgan fingerprint density at radius 2 is 1.95 bits per heavy atom. The summed E-state index contributed by atoms with van der Waals surface area (Å²) in [7, 11) is 0. The van der Waals surface area contributed by atoms with Gasteiger partial charge >= 0.3 is 0 Å². The average molecular weight is 307 g/mol. The first kappa shape index (κ1) is 14.3. The second-order valence-electron chi connectivity index (χ2n) is 5.14. The lowest BCUT2D eigenvalue weighted by molar-refractivity contribution is 0.199. The highest BCUT2D eigenvalue weighted by atomic mass is 32.1. The van der Waals surface area contributed by atoms with Gasteiger partial charge in [-0.2, -0.15) is 0 Å². The van der Waals surface area contributed by atoms with Crippen LogP contribution in [0, 0.1) is 5.82 Å². The molecule has 1 aliphatic rings. The largest absolute Gasteiger partial charge is 0.389 e. The minimum Gasteiger partial charge on any atom is -0.389 e. The van der Waals surface area contributed by atoms with Crippen molar-refractivity contribution in [3.63, 3.8) is 0 Å². The summed E-state index contributed by atoms with van der Waals surface area (Å²) in [5.74, 6) is -0.268. The maximum absolute atomic E-state index is 14.2. The fourth-order valence-corrected chi connectivity index (χ4v) is 3.39. The minimum atomic E-state index is -0.673. The van der Waals surface area contributed by atoms with Crippen molar-refractivity contribution in [3.8, 4) is 0 Å². The third kappa shape index (κ3) is 2.87. The van der Waals surface area contributed by atoms with Crippen LogP contribution in [0.15, 0.2) is 29.8 Å². The number of piperazine rings is 1. The number of para-hydroxylation sites is 1. The first-order valence-electron chi connectivity index (χ1n) is 7.02. The van der Waals surface area contributed by atoms with Crippen LogP contribution in [0.1, 0.15) is 18.6 Å². The number of thiazole rings is 1. The van der Waals surface area contributed by atoms with E-state index in [4.69, 9.17) is 0 Å². The molecule has 3 rings (SSSR count). The summed E-state index contributed by atoms with van der Waals surface area (Å²) in [5, 5.41) is 12.8. The predicted octanol–water partition coefficient (Wildman–Crippen LogP) is 2.66. The normalized spacial score (nSPS) is 17.1. The van der Waals surface area contributed by atoms with Crippen molar-refractivity contribution >= 4 is 22.2 Å². The van der Waals surface area contributed by atoms with Crippen LogP contribution in [0.4, 0.5) is 15.2 Å². The molecule has 6 heteroatoms. The Morgan fingerprint density at radius 1 is 1.24 bits per heavy atom. The van der Waals surface area contributed by atoms with Gasteiger partial charge in [-0.25, -0.2) is 9.37 Å². The smallest absolute Gasteiger partial charge is 0.185 e. The number of hydrogen-bond acceptors (Lipinski definition) is 5. The first-order valence-corrected chi connectivity index (χ1v) is 7.90. The number of rotatable bonds is 3. The number of nitrogens with zero attached hydrogens (tertiary/aromatic N) is 3. The molecule has 1 N–H and O–H groups in total. The molecule has 21 heavy (non-hydrogen) atoms. The lowest BCUT2D eigenvalue weighted by Crippen LogP contribution is -2.47. The maximum atomic E-state index is 14.2. The van der Waals surface area contributed by atoms with E-state index in [0.29, 0.717) is 11.3 Å². The zero-order valence-corrected chi connectivity index (χ0v) is 12.7. The molecule has 2 heterocycles. The highest BCUT2D eigenvalue weighted by molar-refractivity contribution is 7.13. The Hall–Kier alpha value is -1.66. The molecule has 0 radical (unpaired) electrons. The van der Waals surface area contributed by atoms with Crippen LogP contribution >= 0.6 is 11.3 Å². The summed E-state index contributed by atoms with van der Waals surface area (Å²) in [6.07, 6.45) is 1.13. The van der Waals surface area contributed by atoms with Gasteiger partial charge in [0.15, 0.2) is 5.13 Å². The SMILES string of the molecule is C[C@@H](O)c1cccc(F)c1N1CCN(c2nccs2)CC1. The lowest BCUT2D eigenvalue weighted by atomic mass is 10.1. The molecule has 1 fully saturated rings. The van der Waals surface area contributed by atoms with E-state index in [1.165, 1.54) is 6.07 Å². The molecule has 0 aliphatic carbocycles. The highest BCUT2D eigenvalue weighted by Gasteiger charge is 2.24. The van der Waals surface area contributed by atoms with Gasteiger partial charge in [-0.05, 0) is 13.0 Å². The van der Waals surface area contributed by atoms with E-state index >= 15 is 0 Å². The highest BCUT2D eigenvalue weighted by Crippen LogP contribution is 2.31. The number of anilines is 2. The molecule has 0 spiro atoms. The molecule has 1 atom stereocenters. The van der Waals surface area contributed by atoms with Crippen LogP contribution in [-0.2, 0) is 0 Å². The van der Waals surface area contributed by atoms with Crippen molar-refractivity contribution in [1.82, 2.24) is 4.98 Å². The van der Waals surface area contributed by atoms with Crippen molar-refractivity contribution in [2.24, 2.45) is 0 Å². The minimum absolute atomic E-state index is 0.268. The number of hydrogen-bond donors (Lipinski definition) is 1. The van der Waals surface area contributed by atoms with E-state index in [9.17, 15) is 9.50 Å². The number of aromatic nitrogens is 1. The Balaban J connectivity index is 1.78. The molecule has 0 bridgehead atoms. The second kappa shape index (κ2) is 5.99. The molecule has 112 valence electrons. The Kier molecular flexibility index (Phi) is 4.07. The van der Waals surface area contributed by atoms with Gasteiger partial charge in [0.05, 0.1) is 11.8 Å². The molecule has 2 aromatic rings. The zero-order chi connectivity index (χ0) is 14.8. The number of benzene rings is 1. The van der Waals surface area contributed by atoms with Crippen LogP contribution in [-0.4, -0.2) is 36.3 Å². The van der Waals surface area contributed by atoms with Crippen molar-refractivity contribution < 1.29 is 9.50 Å². The van der Waals surface area contributed by atoms with Crippen molar-refractivity contribution in [3.05, 3.63) is 41.2 Å². The summed E-state index contributed by atoms with van der Waals surface area (Å²) >= 11 is 1.62. The molecule has 1 aromatic heterocycles. The van der Waals surface area contributed by atoms with E-state index in [-0.39, 0.29) is 5.82 Å². The van der Waals surface area contributed by atoms with Crippen LogP contribution in [0.5, 0.6) is 0 Å². The lowest BCUT2D eigenvalue weighted by Gasteiger charge is -2.37. The molecule has 0 saturated carbocycles. The van der Waals surface area contributed by atoms with Gasteiger partial charge in [0.2, 0.25) is 0 Å². The van der Waals surface area contributed by atoms with E-state index in [1.807, 2.05) is 10.3 Å². The molecule has 1 aromatic carbocycles. The summed E-state index contributed by atoms with van der Waals surface area (Å²) in [6, 6.07) is 4.89. The Bertz CT molecular complexity index is 595. The van der Waals surface area contributed by atoms with Crippen LogP contribution in [0.25, 0.3) is 0 Å². The molecular weight excluding hydrogens is 289 g/mol. The summed E-state index contributed by atoms with van der Waals surface area (Å²) in [4.78, 5) is 8.54. The van der Waals surface area contributed by atoms with Gasteiger partial charge in [-0.3, -0.25) is 0 Å². The third-order valence-electron chi connectivity index (χ3n) is 3.75. The van der Waals surface area contributed by atoms with Gasteiger partial charge < -0.3 is 14.9 Å². The Morgan fingerprint density at radius 3 is 2.57 bits per heavy atom. The number of halogens is 1. The van der Waals surface area contributed by atoms with Gasteiger partial charge in [-0.15, -0.1) is 11.3 Å². The standard InChI is InChI=1S/C15H18FN3OS/c1-11(20)12-3-2-4-13(16)14(12)18-6-8-19(9-7-18)15-17-5-10-21-15/h2-5,10-11,20H,6-9H2,1H3/t11-/m1/s1. The summed E-state index contributed by atoms with van der Waals surface area (Å²) in [6.45, 7) is 4.73. The van der Waals surface area contributed by atoms with Gasteiger partial charge in [-0.1, -0.05) is 12.1 Å². The van der Waals surface area contributed by atoms with E-state index in [1.54, 1.807) is 36.6 Å². The van der Waals surface area contributed by atoms with Crippen LogP contribution < -0.4 is 9.80 Å². The van der Waals surface area contributed by atoms with Crippen LogP contribution in [0.2, 0.25) is 0 Å². The fraction of sp³-hybridized carbons (Fsp3) is 0.400. The topological polar surface area (TPSA) is 39.6 Å². The zero-order valence-electron chi connectivity index (χ0n) is 11.9. The number of aliphatic hydroxyl groups excluding tert-OH is 1. The molecule has 1 saturated heterocycles. The van der Waals surface area contributed by atoms with Crippen molar-refractivity contribution in [1.29, 1.82) is 0 Å². The second-order valence-corrected chi connectivity index (χ2v) is 6.02. The molecular formula is C15H18FN3OS. The molecule has 0 unspecified atom stereocenters.